The number of benzene rings is 1. The van der Waals surface area contributed by atoms with Gasteiger partial charge in [0.05, 0.1) is 4.90 Å². The maximum atomic E-state index is 11.9. The molecule has 1 aromatic carbocycles. The Labute approximate surface area is 108 Å². The number of unbranched alkanes of at least 4 members (excludes halogenated alkanes) is 4. The van der Waals surface area contributed by atoms with Gasteiger partial charge in [0.1, 0.15) is 0 Å². The number of rotatable bonds is 8. The fourth-order valence-corrected chi connectivity index (χ4v) is 4.45. The minimum absolute atomic E-state index is 0.415. The summed E-state index contributed by atoms with van der Waals surface area (Å²) in [6.07, 6.45) is 5.79. The van der Waals surface area contributed by atoms with E-state index in [1.165, 1.54) is 19.3 Å². The highest BCUT2D eigenvalue weighted by Crippen LogP contribution is 2.24. The second-order valence-electron chi connectivity index (χ2n) is 4.00. The molecule has 1 aromatic rings. The molecular formula is C13H20O2S2. The first-order valence-corrected chi connectivity index (χ1v) is 9.10. The van der Waals surface area contributed by atoms with Crippen LogP contribution in [0.15, 0.2) is 35.2 Å². The van der Waals surface area contributed by atoms with Crippen LogP contribution in [0.5, 0.6) is 0 Å². The Morgan fingerprint density at radius 1 is 1.00 bits per heavy atom. The standard InChI is InChI=1S/C13H20O2S2/c1-2-3-4-5-9-12-16-17(14,15)13-10-7-6-8-11-13/h6-8,10-11H,2-5,9,12H2,1H3. The van der Waals surface area contributed by atoms with Crippen LogP contribution >= 0.6 is 10.8 Å². The maximum absolute atomic E-state index is 11.9. The molecule has 0 unspecified atom stereocenters. The molecule has 0 aliphatic carbocycles. The van der Waals surface area contributed by atoms with E-state index in [0.717, 1.165) is 23.6 Å². The zero-order valence-corrected chi connectivity index (χ0v) is 11.9. The van der Waals surface area contributed by atoms with Gasteiger partial charge >= 0.3 is 0 Å². The third-order valence-electron chi connectivity index (χ3n) is 2.52. The van der Waals surface area contributed by atoms with Gasteiger partial charge in [-0.25, -0.2) is 8.42 Å². The van der Waals surface area contributed by atoms with Crippen LogP contribution in [0.4, 0.5) is 0 Å². The van der Waals surface area contributed by atoms with E-state index < -0.39 is 8.87 Å². The molecule has 4 heteroatoms. The molecule has 0 saturated carbocycles. The van der Waals surface area contributed by atoms with Crippen LogP contribution in [0.25, 0.3) is 0 Å². The summed E-state index contributed by atoms with van der Waals surface area (Å²) in [4.78, 5) is 0.415. The zero-order valence-electron chi connectivity index (χ0n) is 10.3. The predicted octanol–water partition coefficient (Wildman–Crippen LogP) is 4.08. The molecule has 1 rings (SSSR count). The van der Waals surface area contributed by atoms with Gasteiger partial charge in [-0.1, -0.05) is 50.8 Å². The molecule has 0 atom stereocenters. The van der Waals surface area contributed by atoms with E-state index in [2.05, 4.69) is 6.92 Å². The lowest BCUT2D eigenvalue weighted by Crippen LogP contribution is -1.96. The summed E-state index contributed by atoms with van der Waals surface area (Å²) in [7, 11) is -2.07. The Balaban J connectivity index is 2.31. The molecule has 0 radical (unpaired) electrons. The first-order valence-electron chi connectivity index (χ1n) is 6.11. The maximum Gasteiger partial charge on any atom is 0.229 e. The van der Waals surface area contributed by atoms with E-state index >= 15 is 0 Å². The topological polar surface area (TPSA) is 34.1 Å². The molecule has 96 valence electrons. The lowest BCUT2D eigenvalue weighted by atomic mass is 10.2. The lowest BCUT2D eigenvalue weighted by Gasteiger charge is -2.03. The normalized spacial score (nSPS) is 11.6. The van der Waals surface area contributed by atoms with Crippen molar-refractivity contribution in [3.05, 3.63) is 30.3 Å². The molecule has 0 amide bonds. The summed E-state index contributed by atoms with van der Waals surface area (Å²) in [5.74, 6) is 0.695. The molecule has 2 nitrogen and oxygen atoms in total. The Morgan fingerprint density at radius 3 is 2.29 bits per heavy atom. The fraction of sp³-hybridized carbons (Fsp3) is 0.538. The SMILES string of the molecule is CCCCCCCSS(=O)(=O)c1ccccc1. The molecule has 0 heterocycles. The Bertz CT molecular complexity index is 399. The summed E-state index contributed by atoms with van der Waals surface area (Å²) >= 11 is 0. The first kappa shape index (κ1) is 14.6. The molecule has 0 fully saturated rings. The van der Waals surface area contributed by atoms with Crippen LogP contribution in [0.3, 0.4) is 0 Å². The van der Waals surface area contributed by atoms with Crippen molar-refractivity contribution < 1.29 is 8.42 Å². The second-order valence-corrected chi connectivity index (χ2v) is 8.05. The van der Waals surface area contributed by atoms with Gasteiger partial charge in [0.15, 0.2) is 0 Å². The van der Waals surface area contributed by atoms with Crippen molar-refractivity contribution >= 4 is 19.7 Å². The van der Waals surface area contributed by atoms with Crippen molar-refractivity contribution in [1.29, 1.82) is 0 Å². The molecule has 0 saturated heterocycles. The number of hydrogen-bond acceptors (Lipinski definition) is 3. The monoisotopic (exact) mass is 272 g/mol. The van der Waals surface area contributed by atoms with Gasteiger partial charge < -0.3 is 0 Å². The van der Waals surface area contributed by atoms with Crippen LogP contribution in [-0.4, -0.2) is 14.2 Å². The van der Waals surface area contributed by atoms with E-state index in [1.54, 1.807) is 24.3 Å². The summed E-state index contributed by atoms with van der Waals surface area (Å²) in [5, 5.41) is 0. The third kappa shape index (κ3) is 5.59. The van der Waals surface area contributed by atoms with Crippen LogP contribution in [-0.2, 0) is 8.87 Å². The Morgan fingerprint density at radius 2 is 1.65 bits per heavy atom. The summed E-state index contributed by atoms with van der Waals surface area (Å²) in [6, 6.07) is 8.65. The van der Waals surface area contributed by atoms with Gasteiger partial charge in [0, 0.05) is 5.75 Å². The predicted molar refractivity (Wildman–Crippen MR) is 74.8 cm³/mol. The van der Waals surface area contributed by atoms with E-state index in [0.29, 0.717) is 10.6 Å². The highest BCUT2D eigenvalue weighted by Gasteiger charge is 2.13. The van der Waals surface area contributed by atoms with Crippen molar-refractivity contribution in [2.24, 2.45) is 0 Å². The highest BCUT2D eigenvalue weighted by molar-refractivity contribution is 8.72. The average Bonchev–Trinajstić information content (AvgIpc) is 2.35. The molecule has 0 aliphatic heterocycles. The molecule has 0 spiro atoms. The number of hydrogen-bond donors (Lipinski definition) is 0. The molecule has 0 aromatic heterocycles. The zero-order chi connectivity index (χ0) is 12.6. The van der Waals surface area contributed by atoms with Gasteiger partial charge in [-0.3, -0.25) is 0 Å². The molecular weight excluding hydrogens is 252 g/mol. The van der Waals surface area contributed by atoms with E-state index in [-0.39, 0.29) is 0 Å². The summed E-state index contributed by atoms with van der Waals surface area (Å²) in [5.41, 5.74) is 0. The minimum Gasteiger partial charge on any atom is -0.212 e. The van der Waals surface area contributed by atoms with Crippen molar-refractivity contribution in [3.8, 4) is 0 Å². The van der Waals surface area contributed by atoms with Crippen molar-refractivity contribution in [3.63, 3.8) is 0 Å². The van der Waals surface area contributed by atoms with E-state index in [4.69, 9.17) is 0 Å². The average molecular weight is 272 g/mol. The van der Waals surface area contributed by atoms with E-state index in [1.807, 2.05) is 6.07 Å². The Hall–Kier alpha value is -0.480. The van der Waals surface area contributed by atoms with Crippen molar-refractivity contribution in [2.45, 2.75) is 43.9 Å². The third-order valence-corrected chi connectivity index (χ3v) is 6.14. The largest absolute Gasteiger partial charge is 0.229 e. The highest BCUT2D eigenvalue weighted by atomic mass is 33.1. The molecule has 0 N–H and O–H groups in total. The quantitative estimate of drug-likeness (QED) is 0.528. The molecule has 0 aliphatic rings. The van der Waals surface area contributed by atoms with Crippen LogP contribution in [0.1, 0.15) is 39.0 Å². The Kier molecular flexibility index (Phi) is 6.66. The van der Waals surface area contributed by atoms with Gasteiger partial charge in [0.2, 0.25) is 8.87 Å². The smallest absolute Gasteiger partial charge is 0.212 e. The molecule has 17 heavy (non-hydrogen) atoms. The van der Waals surface area contributed by atoms with Crippen molar-refractivity contribution in [1.82, 2.24) is 0 Å². The second kappa shape index (κ2) is 7.77. The fourth-order valence-electron chi connectivity index (χ4n) is 1.53. The van der Waals surface area contributed by atoms with Crippen LogP contribution in [0, 0.1) is 0 Å². The summed E-state index contributed by atoms with van der Waals surface area (Å²) in [6.45, 7) is 2.18. The van der Waals surface area contributed by atoms with Crippen molar-refractivity contribution in [2.75, 3.05) is 5.75 Å². The van der Waals surface area contributed by atoms with Crippen LogP contribution in [0.2, 0.25) is 0 Å². The molecule has 0 bridgehead atoms. The lowest BCUT2D eigenvalue weighted by molar-refractivity contribution is 0.610. The van der Waals surface area contributed by atoms with Crippen LogP contribution < -0.4 is 0 Å². The van der Waals surface area contributed by atoms with Gasteiger partial charge in [0.25, 0.3) is 0 Å². The summed E-state index contributed by atoms with van der Waals surface area (Å²) < 4.78 is 23.8. The van der Waals surface area contributed by atoms with E-state index in [9.17, 15) is 8.42 Å². The van der Waals surface area contributed by atoms with Gasteiger partial charge in [-0.15, -0.1) is 0 Å². The van der Waals surface area contributed by atoms with Gasteiger partial charge in [-0.05, 0) is 29.3 Å². The van der Waals surface area contributed by atoms with Gasteiger partial charge in [-0.2, -0.15) is 0 Å². The minimum atomic E-state index is -3.14. The first-order chi connectivity index (χ1) is 8.17.